The third kappa shape index (κ3) is 3.47. The van der Waals surface area contributed by atoms with Crippen LogP contribution in [0.3, 0.4) is 0 Å². The van der Waals surface area contributed by atoms with Crippen LogP contribution >= 0.6 is 0 Å². The molecule has 2 atom stereocenters. The van der Waals surface area contributed by atoms with Crippen LogP contribution in [0.2, 0.25) is 0 Å². The standard InChI is InChI=1S/C15H23NO2/c1-2-14(16)13-8-3-4-9-15(13)18-11-12-7-5-6-10-17-12/h3-4,8-9,12,14H,2,5-7,10-11,16H2,1H3/t12?,14-/m0/s1. The van der Waals surface area contributed by atoms with E-state index in [0.29, 0.717) is 6.61 Å². The minimum atomic E-state index is 0.0495. The minimum Gasteiger partial charge on any atom is -0.491 e. The highest BCUT2D eigenvalue weighted by atomic mass is 16.5. The summed E-state index contributed by atoms with van der Waals surface area (Å²) in [5.74, 6) is 0.904. The van der Waals surface area contributed by atoms with Gasteiger partial charge in [-0.05, 0) is 31.7 Å². The Hall–Kier alpha value is -1.06. The maximum Gasteiger partial charge on any atom is 0.124 e. The van der Waals surface area contributed by atoms with Gasteiger partial charge in [0.15, 0.2) is 0 Å². The van der Waals surface area contributed by atoms with Gasteiger partial charge in [-0.3, -0.25) is 0 Å². The summed E-state index contributed by atoms with van der Waals surface area (Å²) in [6.07, 6.45) is 4.67. The average molecular weight is 249 g/mol. The second-order valence-electron chi connectivity index (χ2n) is 4.85. The maximum atomic E-state index is 6.09. The first-order valence-electron chi connectivity index (χ1n) is 6.90. The summed E-state index contributed by atoms with van der Waals surface area (Å²) in [4.78, 5) is 0. The Morgan fingerprint density at radius 3 is 2.94 bits per heavy atom. The van der Waals surface area contributed by atoms with Crippen molar-refractivity contribution in [3.05, 3.63) is 29.8 Å². The van der Waals surface area contributed by atoms with Crippen molar-refractivity contribution in [2.24, 2.45) is 5.73 Å². The molecule has 1 aliphatic rings. The molecule has 0 aliphatic carbocycles. The first-order chi connectivity index (χ1) is 8.81. The molecule has 3 nitrogen and oxygen atoms in total. The quantitative estimate of drug-likeness (QED) is 0.872. The van der Waals surface area contributed by atoms with Gasteiger partial charge in [0.05, 0.1) is 6.10 Å². The number of hydrogen-bond acceptors (Lipinski definition) is 3. The van der Waals surface area contributed by atoms with Gasteiger partial charge in [-0.2, -0.15) is 0 Å². The van der Waals surface area contributed by atoms with Gasteiger partial charge in [0.25, 0.3) is 0 Å². The van der Waals surface area contributed by atoms with E-state index in [4.69, 9.17) is 15.2 Å². The molecule has 1 aromatic carbocycles. The van der Waals surface area contributed by atoms with Gasteiger partial charge >= 0.3 is 0 Å². The summed E-state index contributed by atoms with van der Waals surface area (Å²) >= 11 is 0. The van der Waals surface area contributed by atoms with E-state index < -0.39 is 0 Å². The van der Waals surface area contributed by atoms with Gasteiger partial charge in [0.2, 0.25) is 0 Å². The van der Waals surface area contributed by atoms with Crippen molar-refractivity contribution in [3.63, 3.8) is 0 Å². The summed E-state index contributed by atoms with van der Waals surface area (Å²) < 4.78 is 11.6. The van der Waals surface area contributed by atoms with Crippen LogP contribution in [0.25, 0.3) is 0 Å². The Morgan fingerprint density at radius 1 is 1.39 bits per heavy atom. The van der Waals surface area contributed by atoms with Crippen molar-refractivity contribution in [1.29, 1.82) is 0 Å². The molecule has 0 radical (unpaired) electrons. The number of para-hydroxylation sites is 1. The molecular formula is C15H23NO2. The zero-order chi connectivity index (χ0) is 12.8. The molecule has 100 valence electrons. The van der Waals surface area contributed by atoms with Crippen LogP contribution in [-0.4, -0.2) is 19.3 Å². The van der Waals surface area contributed by atoms with Crippen molar-refractivity contribution >= 4 is 0 Å². The molecule has 0 amide bonds. The second kappa shape index (κ2) is 6.76. The molecule has 1 fully saturated rings. The molecule has 2 rings (SSSR count). The van der Waals surface area contributed by atoms with E-state index in [0.717, 1.165) is 30.8 Å². The molecule has 18 heavy (non-hydrogen) atoms. The first kappa shape index (κ1) is 13.4. The molecular weight excluding hydrogens is 226 g/mol. The fraction of sp³-hybridized carbons (Fsp3) is 0.600. The lowest BCUT2D eigenvalue weighted by Crippen LogP contribution is -2.26. The van der Waals surface area contributed by atoms with E-state index in [1.165, 1.54) is 12.8 Å². The van der Waals surface area contributed by atoms with Gasteiger partial charge < -0.3 is 15.2 Å². The number of nitrogens with two attached hydrogens (primary N) is 1. The van der Waals surface area contributed by atoms with E-state index in [9.17, 15) is 0 Å². The number of benzene rings is 1. The normalized spacial score (nSPS) is 21.6. The maximum absolute atomic E-state index is 6.09. The molecule has 1 aromatic rings. The Labute approximate surface area is 109 Å². The van der Waals surface area contributed by atoms with Crippen molar-refractivity contribution < 1.29 is 9.47 Å². The fourth-order valence-corrected chi connectivity index (χ4v) is 2.26. The topological polar surface area (TPSA) is 44.5 Å². The molecule has 1 saturated heterocycles. The molecule has 3 heteroatoms. The largest absolute Gasteiger partial charge is 0.491 e. The summed E-state index contributed by atoms with van der Waals surface area (Å²) in [6, 6.07) is 8.09. The summed E-state index contributed by atoms with van der Waals surface area (Å²) in [7, 11) is 0. The van der Waals surface area contributed by atoms with Crippen LogP contribution in [-0.2, 0) is 4.74 Å². The van der Waals surface area contributed by atoms with Crippen LogP contribution in [0.15, 0.2) is 24.3 Å². The lowest BCUT2D eigenvalue weighted by Gasteiger charge is -2.24. The van der Waals surface area contributed by atoms with Gasteiger partial charge in [0.1, 0.15) is 12.4 Å². The van der Waals surface area contributed by atoms with Gasteiger partial charge in [-0.15, -0.1) is 0 Å². The number of hydrogen-bond donors (Lipinski definition) is 1. The van der Waals surface area contributed by atoms with Crippen LogP contribution in [0.4, 0.5) is 0 Å². The Morgan fingerprint density at radius 2 is 2.22 bits per heavy atom. The minimum absolute atomic E-state index is 0.0495. The summed E-state index contributed by atoms with van der Waals surface area (Å²) in [5, 5.41) is 0. The van der Waals surface area contributed by atoms with Crippen molar-refractivity contribution in [2.75, 3.05) is 13.2 Å². The first-order valence-corrected chi connectivity index (χ1v) is 6.90. The van der Waals surface area contributed by atoms with E-state index in [1.807, 2.05) is 24.3 Å². The average Bonchev–Trinajstić information content (AvgIpc) is 2.45. The molecule has 0 saturated carbocycles. The predicted molar refractivity (Wildman–Crippen MR) is 72.7 cm³/mol. The van der Waals surface area contributed by atoms with Crippen LogP contribution in [0.5, 0.6) is 5.75 Å². The van der Waals surface area contributed by atoms with E-state index >= 15 is 0 Å². The predicted octanol–water partition coefficient (Wildman–Crippen LogP) is 3.04. The molecule has 1 unspecified atom stereocenters. The van der Waals surface area contributed by atoms with Crippen molar-refractivity contribution in [2.45, 2.75) is 44.8 Å². The van der Waals surface area contributed by atoms with E-state index in [-0.39, 0.29) is 12.1 Å². The number of rotatable bonds is 5. The van der Waals surface area contributed by atoms with Gasteiger partial charge in [-0.25, -0.2) is 0 Å². The zero-order valence-corrected chi connectivity index (χ0v) is 11.1. The van der Waals surface area contributed by atoms with E-state index in [2.05, 4.69) is 6.92 Å². The highest BCUT2D eigenvalue weighted by Crippen LogP contribution is 2.26. The summed E-state index contributed by atoms with van der Waals surface area (Å²) in [6.45, 7) is 3.59. The molecule has 0 aromatic heterocycles. The number of ether oxygens (including phenoxy) is 2. The Balaban J connectivity index is 1.95. The fourth-order valence-electron chi connectivity index (χ4n) is 2.26. The summed E-state index contributed by atoms with van der Waals surface area (Å²) in [5.41, 5.74) is 7.19. The molecule has 0 spiro atoms. The molecule has 2 N–H and O–H groups in total. The molecule has 1 heterocycles. The SMILES string of the molecule is CC[C@H](N)c1ccccc1OCC1CCCCO1. The lowest BCUT2D eigenvalue weighted by atomic mass is 10.0. The Kier molecular flexibility index (Phi) is 5.02. The van der Waals surface area contributed by atoms with Crippen LogP contribution in [0, 0.1) is 0 Å². The smallest absolute Gasteiger partial charge is 0.124 e. The Bertz CT molecular complexity index is 361. The monoisotopic (exact) mass is 249 g/mol. The van der Waals surface area contributed by atoms with Gasteiger partial charge in [0, 0.05) is 18.2 Å². The van der Waals surface area contributed by atoms with Gasteiger partial charge in [-0.1, -0.05) is 25.1 Å². The molecule has 0 bridgehead atoms. The van der Waals surface area contributed by atoms with Crippen LogP contribution < -0.4 is 10.5 Å². The lowest BCUT2D eigenvalue weighted by molar-refractivity contribution is -0.0113. The van der Waals surface area contributed by atoms with Crippen LogP contribution in [0.1, 0.15) is 44.2 Å². The molecule has 1 aliphatic heterocycles. The zero-order valence-electron chi connectivity index (χ0n) is 11.1. The third-order valence-corrected chi connectivity index (χ3v) is 3.46. The highest BCUT2D eigenvalue weighted by molar-refractivity contribution is 5.35. The highest BCUT2D eigenvalue weighted by Gasteiger charge is 2.16. The second-order valence-corrected chi connectivity index (χ2v) is 4.85. The van der Waals surface area contributed by atoms with E-state index in [1.54, 1.807) is 0 Å². The third-order valence-electron chi connectivity index (χ3n) is 3.46. The van der Waals surface area contributed by atoms with Crippen molar-refractivity contribution in [3.8, 4) is 5.75 Å². The van der Waals surface area contributed by atoms with Crippen molar-refractivity contribution in [1.82, 2.24) is 0 Å².